The van der Waals surface area contributed by atoms with Crippen LogP contribution < -0.4 is 0 Å². The first-order chi connectivity index (χ1) is 12.7. The molecule has 4 heteroatoms. The minimum absolute atomic E-state index is 0.114. The van der Waals surface area contributed by atoms with E-state index in [-0.39, 0.29) is 11.2 Å². The van der Waals surface area contributed by atoms with Gasteiger partial charge in [-0.2, -0.15) is 8.42 Å². The maximum absolute atomic E-state index is 11.5. The Hall–Kier alpha value is -0.0900. The summed E-state index contributed by atoms with van der Waals surface area (Å²) in [5.41, 5.74) is -0.349. The van der Waals surface area contributed by atoms with Crippen LogP contribution in [0.25, 0.3) is 0 Å². The standard InChI is InChI=1S/C23H48O3S/c1-5-7-9-11-13-14-16-18-20-22(19-17-15-12-10-8-6-2)23(3,4)21-27(24,25)26/h22H,5-21H2,1-4H3,(H,24,25,26). The fourth-order valence-corrected chi connectivity index (χ4v) is 5.39. The van der Waals surface area contributed by atoms with E-state index in [4.69, 9.17) is 0 Å². The van der Waals surface area contributed by atoms with Gasteiger partial charge in [0.05, 0.1) is 5.75 Å². The Labute approximate surface area is 170 Å². The van der Waals surface area contributed by atoms with Gasteiger partial charge < -0.3 is 0 Å². The van der Waals surface area contributed by atoms with Crippen LogP contribution in [-0.2, 0) is 10.1 Å². The lowest BCUT2D eigenvalue weighted by atomic mass is 9.74. The quantitative estimate of drug-likeness (QED) is 0.176. The maximum atomic E-state index is 11.5. The van der Waals surface area contributed by atoms with Crippen molar-refractivity contribution in [3.8, 4) is 0 Å². The molecule has 0 fully saturated rings. The summed E-state index contributed by atoms with van der Waals surface area (Å²) >= 11 is 0. The van der Waals surface area contributed by atoms with Gasteiger partial charge in [0.1, 0.15) is 0 Å². The molecule has 0 rings (SSSR count). The highest BCUT2D eigenvalue weighted by Gasteiger charge is 2.32. The minimum Gasteiger partial charge on any atom is -0.286 e. The Morgan fingerprint density at radius 1 is 0.667 bits per heavy atom. The fourth-order valence-electron chi connectivity index (χ4n) is 4.21. The molecule has 1 unspecified atom stereocenters. The van der Waals surface area contributed by atoms with Gasteiger partial charge in [0.25, 0.3) is 10.1 Å². The third-order valence-electron chi connectivity index (χ3n) is 5.97. The first-order valence-corrected chi connectivity index (χ1v) is 13.3. The summed E-state index contributed by atoms with van der Waals surface area (Å²) in [6, 6.07) is 0. The summed E-state index contributed by atoms with van der Waals surface area (Å²) in [5, 5.41) is 0. The van der Waals surface area contributed by atoms with Crippen molar-refractivity contribution in [2.24, 2.45) is 11.3 Å². The van der Waals surface area contributed by atoms with Crippen LogP contribution in [0.1, 0.15) is 130 Å². The van der Waals surface area contributed by atoms with E-state index < -0.39 is 10.1 Å². The average molecular weight is 405 g/mol. The molecular weight excluding hydrogens is 356 g/mol. The molecule has 0 amide bonds. The summed E-state index contributed by atoms with van der Waals surface area (Å²) < 4.78 is 32.3. The Kier molecular flexibility index (Phi) is 15.7. The summed E-state index contributed by atoms with van der Waals surface area (Å²) in [6.07, 6.45) is 20.2. The normalized spacial score (nSPS) is 13.8. The molecule has 1 N–H and O–H groups in total. The SMILES string of the molecule is CCCCCCCCCCC(CCCCCCCC)C(C)(C)CS(=O)(=O)O. The van der Waals surface area contributed by atoms with Gasteiger partial charge in [0, 0.05) is 0 Å². The van der Waals surface area contributed by atoms with Gasteiger partial charge in [-0.1, -0.05) is 118 Å². The third-order valence-corrected chi connectivity index (χ3v) is 7.08. The van der Waals surface area contributed by atoms with Crippen molar-refractivity contribution in [2.75, 3.05) is 5.75 Å². The molecule has 0 aromatic rings. The summed E-state index contributed by atoms with van der Waals surface area (Å²) in [4.78, 5) is 0. The van der Waals surface area contributed by atoms with E-state index in [0.717, 1.165) is 12.8 Å². The molecule has 0 aromatic carbocycles. The van der Waals surface area contributed by atoms with Crippen LogP contribution in [0, 0.1) is 11.3 Å². The maximum Gasteiger partial charge on any atom is 0.265 e. The van der Waals surface area contributed by atoms with Gasteiger partial charge in [-0.3, -0.25) is 4.55 Å². The van der Waals surface area contributed by atoms with Gasteiger partial charge in [-0.25, -0.2) is 0 Å². The highest BCUT2D eigenvalue weighted by molar-refractivity contribution is 7.85. The molecule has 0 aliphatic heterocycles. The predicted octanol–water partition coefficient (Wildman–Crippen LogP) is 7.80. The van der Waals surface area contributed by atoms with Crippen molar-refractivity contribution in [3.05, 3.63) is 0 Å². The Morgan fingerprint density at radius 2 is 1.00 bits per heavy atom. The van der Waals surface area contributed by atoms with Gasteiger partial charge >= 0.3 is 0 Å². The van der Waals surface area contributed by atoms with Crippen molar-refractivity contribution in [3.63, 3.8) is 0 Å². The van der Waals surface area contributed by atoms with Crippen molar-refractivity contribution in [1.29, 1.82) is 0 Å². The first-order valence-electron chi connectivity index (χ1n) is 11.7. The van der Waals surface area contributed by atoms with Gasteiger partial charge in [0.2, 0.25) is 0 Å². The number of unbranched alkanes of at least 4 members (excludes halogenated alkanes) is 12. The Morgan fingerprint density at radius 3 is 1.33 bits per heavy atom. The molecule has 0 bridgehead atoms. The zero-order valence-electron chi connectivity index (χ0n) is 18.8. The lowest BCUT2D eigenvalue weighted by Gasteiger charge is -2.34. The van der Waals surface area contributed by atoms with Crippen molar-refractivity contribution >= 4 is 10.1 Å². The monoisotopic (exact) mass is 404 g/mol. The van der Waals surface area contributed by atoms with E-state index in [9.17, 15) is 13.0 Å². The van der Waals surface area contributed by atoms with E-state index in [1.165, 1.54) is 89.9 Å². The van der Waals surface area contributed by atoms with E-state index in [1.807, 2.05) is 13.8 Å². The molecule has 0 radical (unpaired) electrons. The summed E-state index contributed by atoms with van der Waals surface area (Å²) in [7, 11) is -3.92. The van der Waals surface area contributed by atoms with Crippen LogP contribution in [0.5, 0.6) is 0 Å². The molecule has 164 valence electrons. The lowest BCUT2D eigenvalue weighted by molar-refractivity contribution is 0.200. The fraction of sp³-hybridized carbons (Fsp3) is 1.00. The first kappa shape index (κ1) is 26.9. The number of rotatable bonds is 19. The van der Waals surface area contributed by atoms with E-state index in [1.54, 1.807) is 0 Å². The molecule has 27 heavy (non-hydrogen) atoms. The molecule has 3 nitrogen and oxygen atoms in total. The lowest BCUT2D eigenvalue weighted by Crippen LogP contribution is -2.32. The van der Waals surface area contributed by atoms with Crippen LogP contribution in [0.4, 0.5) is 0 Å². The third kappa shape index (κ3) is 16.6. The second-order valence-electron chi connectivity index (χ2n) is 9.23. The van der Waals surface area contributed by atoms with Crippen LogP contribution in [0.15, 0.2) is 0 Å². The van der Waals surface area contributed by atoms with Crippen LogP contribution in [0.2, 0.25) is 0 Å². The molecule has 0 heterocycles. The minimum atomic E-state index is -3.92. The van der Waals surface area contributed by atoms with Crippen LogP contribution in [-0.4, -0.2) is 18.7 Å². The number of hydrogen-bond acceptors (Lipinski definition) is 2. The second kappa shape index (κ2) is 15.8. The van der Waals surface area contributed by atoms with Crippen molar-refractivity contribution in [1.82, 2.24) is 0 Å². The van der Waals surface area contributed by atoms with Crippen LogP contribution in [0.3, 0.4) is 0 Å². The largest absolute Gasteiger partial charge is 0.286 e. The van der Waals surface area contributed by atoms with E-state index in [2.05, 4.69) is 13.8 Å². The molecule has 0 saturated heterocycles. The highest BCUT2D eigenvalue weighted by Crippen LogP contribution is 2.36. The van der Waals surface area contributed by atoms with Crippen molar-refractivity contribution < 1.29 is 13.0 Å². The molecule has 0 spiro atoms. The van der Waals surface area contributed by atoms with Gasteiger partial charge in [-0.05, 0) is 24.2 Å². The molecule has 0 saturated carbocycles. The molecule has 0 aliphatic carbocycles. The smallest absolute Gasteiger partial charge is 0.265 e. The zero-order chi connectivity index (χ0) is 20.6. The van der Waals surface area contributed by atoms with Crippen LogP contribution >= 0.6 is 0 Å². The van der Waals surface area contributed by atoms with Gasteiger partial charge in [0.15, 0.2) is 0 Å². The molecule has 0 aromatic heterocycles. The van der Waals surface area contributed by atoms with E-state index in [0.29, 0.717) is 5.92 Å². The second-order valence-corrected chi connectivity index (χ2v) is 10.7. The topological polar surface area (TPSA) is 54.4 Å². The summed E-state index contributed by atoms with van der Waals surface area (Å²) in [5.74, 6) is 0.267. The summed E-state index contributed by atoms with van der Waals surface area (Å²) in [6.45, 7) is 8.52. The molecule has 0 aliphatic rings. The highest BCUT2D eigenvalue weighted by atomic mass is 32.2. The average Bonchev–Trinajstić information content (AvgIpc) is 2.56. The van der Waals surface area contributed by atoms with Crippen molar-refractivity contribution in [2.45, 2.75) is 130 Å². The number of hydrogen-bond donors (Lipinski definition) is 1. The van der Waals surface area contributed by atoms with E-state index >= 15 is 0 Å². The Bertz CT molecular complexity index is 429. The zero-order valence-corrected chi connectivity index (χ0v) is 19.6. The Balaban J connectivity index is 4.31. The predicted molar refractivity (Wildman–Crippen MR) is 119 cm³/mol. The molecular formula is C23H48O3S. The molecule has 1 atom stereocenters. The van der Waals surface area contributed by atoms with Gasteiger partial charge in [-0.15, -0.1) is 0 Å².